The minimum absolute atomic E-state index is 0.0196. The molecule has 0 N–H and O–H groups in total. The normalized spacial score (nSPS) is 29.5. The van der Waals surface area contributed by atoms with Crippen LogP contribution in [0.4, 0.5) is 0 Å². The third-order valence-corrected chi connectivity index (χ3v) is 13.5. The quantitative estimate of drug-likeness (QED) is 0.211. The zero-order chi connectivity index (χ0) is 24.3. The molecule has 2 fully saturated rings. The smallest absolute Gasteiger partial charge is 0.307 e. The Labute approximate surface area is 210 Å². The molecule has 178 valence electrons. The zero-order valence-electron chi connectivity index (χ0n) is 20.1. The predicted molar refractivity (Wildman–Crippen MR) is 135 cm³/mol. The molecule has 1 heterocycles. The number of rotatable bonds is 5. The van der Waals surface area contributed by atoms with Gasteiger partial charge in [-0.05, 0) is 52.7 Å². The fraction of sp³-hybridized carbons (Fsp3) is 0.560. The molecule has 1 aliphatic heterocycles. The molecule has 2 bridgehead atoms. The lowest BCUT2D eigenvalue weighted by Crippen LogP contribution is -2.55. The van der Waals surface area contributed by atoms with Gasteiger partial charge in [-0.2, -0.15) is 0 Å². The van der Waals surface area contributed by atoms with Gasteiger partial charge in [0.25, 0.3) is 0 Å². The molecule has 0 aromatic heterocycles. The van der Waals surface area contributed by atoms with Gasteiger partial charge in [0.2, 0.25) is 11.8 Å². The summed E-state index contributed by atoms with van der Waals surface area (Å²) in [6, 6.07) is 9.57. The summed E-state index contributed by atoms with van der Waals surface area (Å²) in [5.41, 5.74) is 0.919. The average Bonchev–Trinajstić information content (AvgIpc) is 2.96. The Morgan fingerprint density at radius 1 is 1.09 bits per heavy atom. The van der Waals surface area contributed by atoms with Crippen molar-refractivity contribution in [1.82, 2.24) is 4.90 Å². The fourth-order valence-electron chi connectivity index (χ4n) is 5.16. The number of likely N-dealkylation sites (tertiary alicyclic amines) is 1. The van der Waals surface area contributed by atoms with E-state index in [4.69, 9.17) is 9.16 Å². The Morgan fingerprint density at radius 2 is 1.70 bits per heavy atom. The van der Waals surface area contributed by atoms with Crippen LogP contribution >= 0.6 is 22.6 Å². The summed E-state index contributed by atoms with van der Waals surface area (Å²) < 4.78 is 13.3. The summed E-state index contributed by atoms with van der Waals surface area (Å²) >= 11 is 2.21. The molecule has 0 radical (unpaired) electrons. The monoisotopic (exact) mass is 581 g/mol. The first-order valence-electron chi connectivity index (χ1n) is 11.5. The maximum atomic E-state index is 13.7. The molecule has 1 saturated heterocycles. The molecule has 8 heteroatoms. The molecule has 33 heavy (non-hydrogen) atoms. The van der Waals surface area contributed by atoms with Crippen LogP contribution in [-0.2, 0) is 30.1 Å². The number of halogens is 1. The van der Waals surface area contributed by atoms with Crippen molar-refractivity contribution in [3.05, 3.63) is 45.2 Å². The van der Waals surface area contributed by atoms with Gasteiger partial charge in [0.1, 0.15) is 5.76 Å². The molecule has 6 nitrogen and oxygen atoms in total. The molecule has 0 unspecified atom stereocenters. The summed E-state index contributed by atoms with van der Waals surface area (Å²) in [5, 5.41) is 0.0196. The van der Waals surface area contributed by atoms with E-state index in [-0.39, 0.29) is 41.3 Å². The van der Waals surface area contributed by atoms with Crippen molar-refractivity contribution in [3.8, 4) is 0 Å². The number of esters is 1. The van der Waals surface area contributed by atoms with Crippen LogP contribution in [0.25, 0.3) is 0 Å². The van der Waals surface area contributed by atoms with Gasteiger partial charge in [0.15, 0.2) is 8.32 Å². The van der Waals surface area contributed by atoms with Crippen molar-refractivity contribution >= 4 is 48.7 Å². The Hall–Kier alpha value is -1.52. The van der Waals surface area contributed by atoms with Crippen LogP contribution in [0.1, 0.15) is 39.7 Å². The van der Waals surface area contributed by atoms with E-state index in [2.05, 4.69) is 56.5 Å². The molecule has 1 aromatic rings. The van der Waals surface area contributed by atoms with Crippen LogP contribution in [0, 0.1) is 23.7 Å². The van der Waals surface area contributed by atoms with E-state index in [1.807, 2.05) is 30.3 Å². The van der Waals surface area contributed by atoms with Crippen molar-refractivity contribution in [2.75, 3.05) is 0 Å². The van der Waals surface area contributed by atoms with Gasteiger partial charge in [-0.3, -0.25) is 19.3 Å². The molecular weight excluding hydrogens is 549 g/mol. The van der Waals surface area contributed by atoms with Crippen LogP contribution in [0.15, 0.2) is 39.7 Å². The number of imide groups is 1. The number of nitrogens with zero attached hydrogens (tertiary/aromatic N) is 1. The van der Waals surface area contributed by atoms with Gasteiger partial charge >= 0.3 is 5.97 Å². The van der Waals surface area contributed by atoms with Crippen molar-refractivity contribution in [2.24, 2.45) is 23.7 Å². The van der Waals surface area contributed by atoms with E-state index >= 15 is 0 Å². The molecule has 0 spiro atoms. The van der Waals surface area contributed by atoms with Crippen molar-refractivity contribution < 1.29 is 23.5 Å². The summed E-state index contributed by atoms with van der Waals surface area (Å²) in [7, 11) is -2.12. The number of fused-ring (bicyclic) bond motifs is 1. The van der Waals surface area contributed by atoms with Crippen LogP contribution in [0.3, 0.4) is 0 Å². The lowest BCUT2D eigenvalue weighted by molar-refractivity contribution is -0.143. The second-order valence-corrected chi connectivity index (χ2v) is 16.8. The highest BCUT2D eigenvalue weighted by molar-refractivity contribution is 14.1. The third-order valence-electron chi connectivity index (χ3n) is 7.75. The molecule has 2 amide bonds. The molecular formula is C25H32INO5Si. The van der Waals surface area contributed by atoms with Gasteiger partial charge in [-0.1, -0.05) is 51.1 Å². The van der Waals surface area contributed by atoms with E-state index in [1.54, 1.807) is 0 Å². The standard InChI is InChI=1S/C25H32INO5Si/c1-14(28)31-22-16-12-17(32-33(5,6)25(2,3)4)19(21(22)26)20-18(16)23(29)27(24(20)30)13-15-10-8-7-9-11-15/h7-11,16-20H,12-13H2,1-6H3/t16-,17+,18-,19+,20-/m0/s1. The number of carbonyl (C=O) groups excluding carboxylic acids is 3. The number of allylic oxidation sites excluding steroid dienone is 1. The van der Waals surface area contributed by atoms with Crippen molar-refractivity contribution in [2.45, 2.75) is 64.9 Å². The second-order valence-electron chi connectivity index (χ2n) is 10.9. The van der Waals surface area contributed by atoms with E-state index in [9.17, 15) is 14.4 Å². The molecule has 5 rings (SSSR count). The highest BCUT2D eigenvalue weighted by atomic mass is 127. The van der Waals surface area contributed by atoms with Gasteiger partial charge in [-0.25, -0.2) is 0 Å². The number of hydrogen-bond donors (Lipinski definition) is 0. The largest absolute Gasteiger partial charge is 0.430 e. The second kappa shape index (κ2) is 8.60. The molecule has 5 atom stereocenters. The van der Waals surface area contributed by atoms with E-state index < -0.39 is 26.1 Å². The summed E-state index contributed by atoms with van der Waals surface area (Å²) in [4.78, 5) is 40.5. The highest BCUT2D eigenvalue weighted by Gasteiger charge is 2.64. The van der Waals surface area contributed by atoms with Crippen molar-refractivity contribution in [1.29, 1.82) is 0 Å². The zero-order valence-corrected chi connectivity index (χ0v) is 23.2. The van der Waals surface area contributed by atoms with Gasteiger partial charge < -0.3 is 9.16 Å². The minimum atomic E-state index is -2.12. The van der Waals surface area contributed by atoms with Gasteiger partial charge in [0.05, 0.1) is 24.5 Å². The van der Waals surface area contributed by atoms with Crippen LogP contribution in [0.5, 0.6) is 0 Å². The Bertz CT molecular complexity index is 1020. The van der Waals surface area contributed by atoms with Gasteiger partial charge in [0, 0.05) is 22.3 Å². The van der Waals surface area contributed by atoms with E-state index in [0.717, 1.165) is 9.14 Å². The highest BCUT2D eigenvalue weighted by Crippen LogP contribution is 2.59. The Morgan fingerprint density at radius 3 is 2.27 bits per heavy atom. The molecule has 1 aromatic carbocycles. The predicted octanol–water partition coefficient (Wildman–Crippen LogP) is 5.04. The first-order valence-corrected chi connectivity index (χ1v) is 15.5. The van der Waals surface area contributed by atoms with E-state index in [0.29, 0.717) is 12.2 Å². The van der Waals surface area contributed by atoms with Crippen LogP contribution in [0.2, 0.25) is 18.1 Å². The first kappa shape index (κ1) is 24.6. The number of hydrogen-bond acceptors (Lipinski definition) is 5. The molecule has 4 aliphatic rings. The number of amides is 2. The lowest BCUT2D eigenvalue weighted by Gasteiger charge is -2.51. The first-order chi connectivity index (χ1) is 15.3. The number of carbonyl (C=O) groups is 3. The Balaban J connectivity index is 1.71. The van der Waals surface area contributed by atoms with Gasteiger partial charge in [-0.15, -0.1) is 0 Å². The molecule has 1 saturated carbocycles. The van der Waals surface area contributed by atoms with Crippen LogP contribution < -0.4 is 0 Å². The summed E-state index contributed by atoms with van der Waals surface area (Å²) in [5.74, 6) is -1.72. The maximum Gasteiger partial charge on any atom is 0.307 e. The number of ether oxygens (including phenoxy) is 1. The number of benzene rings is 1. The minimum Gasteiger partial charge on any atom is -0.430 e. The van der Waals surface area contributed by atoms with Crippen LogP contribution in [-0.4, -0.2) is 37.1 Å². The third kappa shape index (κ3) is 4.23. The van der Waals surface area contributed by atoms with Crippen molar-refractivity contribution in [3.63, 3.8) is 0 Å². The summed E-state index contributed by atoms with van der Waals surface area (Å²) in [6.07, 6.45) is 0.419. The van der Waals surface area contributed by atoms with E-state index in [1.165, 1.54) is 11.8 Å². The molecule has 3 aliphatic carbocycles. The Kier molecular flexibility index (Phi) is 6.41. The fourth-order valence-corrected chi connectivity index (χ4v) is 7.81. The average molecular weight is 582 g/mol. The maximum absolute atomic E-state index is 13.7. The lowest BCUT2D eigenvalue weighted by atomic mass is 9.61. The SMILES string of the molecule is CC(=O)OC1=C(I)[C@H]2[C@H]3C(=O)N(Cc4ccccc4)C(=O)[C@H]3[C@@H]1C[C@H]2O[Si](C)(C)C(C)(C)C. The topological polar surface area (TPSA) is 72.9 Å². The summed E-state index contributed by atoms with van der Waals surface area (Å²) in [6.45, 7) is 12.6.